The quantitative estimate of drug-likeness (QED) is 0.478. The minimum atomic E-state index is -0.153. The first-order valence-electron chi connectivity index (χ1n) is 9.55. The zero-order valence-electron chi connectivity index (χ0n) is 17.9. The maximum atomic E-state index is 12.7. The lowest BCUT2D eigenvalue weighted by Gasteiger charge is -2.14. The van der Waals surface area contributed by atoms with Gasteiger partial charge in [0.2, 0.25) is 0 Å². The molecule has 0 radical (unpaired) electrons. The van der Waals surface area contributed by atoms with Crippen molar-refractivity contribution in [1.82, 2.24) is 0 Å². The molecule has 1 N–H and O–H groups in total. The molecule has 2 rings (SSSR count). The number of amides is 1. The average molecular weight is 388 g/mol. The predicted molar refractivity (Wildman–Crippen MR) is 125 cm³/mol. The van der Waals surface area contributed by atoms with E-state index in [9.17, 15) is 4.79 Å². The molecular formula is C25H29N3O. The molecule has 1 amide bonds. The van der Waals surface area contributed by atoms with Crippen LogP contribution < -0.4 is 10.2 Å². The fraction of sp³-hybridized carbons (Fsp3) is 0.200. The van der Waals surface area contributed by atoms with Crippen LogP contribution in [0, 0.1) is 0 Å². The number of nitrogens with zero attached hydrogens (tertiary/aromatic N) is 2. The van der Waals surface area contributed by atoms with E-state index < -0.39 is 0 Å². The molecule has 4 heteroatoms. The van der Waals surface area contributed by atoms with E-state index in [4.69, 9.17) is 4.99 Å². The lowest BCUT2D eigenvalue weighted by atomic mass is 10.1. The van der Waals surface area contributed by atoms with Crippen LogP contribution in [0.3, 0.4) is 0 Å². The maximum absolute atomic E-state index is 12.7. The van der Waals surface area contributed by atoms with E-state index in [0.29, 0.717) is 5.56 Å². The molecule has 0 aliphatic rings. The van der Waals surface area contributed by atoms with Crippen molar-refractivity contribution in [1.29, 1.82) is 0 Å². The van der Waals surface area contributed by atoms with Crippen LogP contribution in [0.15, 0.2) is 89.6 Å². The van der Waals surface area contributed by atoms with E-state index in [0.717, 1.165) is 33.9 Å². The molecule has 0 fully saturated rings. The van der Waals surface area contributed by atoms with Gasteiger partial charge in [0.25, 0.3) is 5.91 Å². The molecule has 0 aliphatic carbocycles. The first-order chi connectivity index (χ1) is 13.8. The summed E-state index contributed by atoms with van der Waals surface area (Å²) in [4.78, 5) is 19.5. The van der Waals surface area contributed by atoms with Gasteiger partial charge in [0, 0.05) is 36.6 Å². The number of hydrogen-bond acceptors (Lipinski definition) is 3. The van der Waals surface area contributed by atoms with E-state index in [-0.39, 0.29) is 5.91 Å². The van der Waals surface area contributed by atoms with Gasteiger partial charge in [-0.15, -0.1) is 0 Å². The van der Waals surface area contributed by atoms with Crippen molar-refractivity contribution in [2.75, 3.05) is 24.3 Å². The summed E-state index contributed by atoms with van der Waals surface area (Å²) in [6.45, 7) is 9.82. The second-order valence-corrected chi connectivity index (χ2v) is 7.00. The van der Waals surface area contributed by atoms with E-state index in [1.54, 1.807) is 0 Å². The summed E-state index contributed by atoms with van der Waals surface area (Å²) in [7, 11) is 3.94. The van der Waals surface area contributed by atoms with Gasteiger partial charge in [0.15, 0.2) is 0 Å². The third-order valence-electron chi connectivity index (χ3n) is 4.38. The highest BCUT2D eigenvalue weighted by Gasteiger charge is 2.11. The molecular weight excluding hydrogens is 358 g/mol. The Morgan fingerprint density at radius 3 is 2.31 bits per heavy atom. The number of anilines is 2. The van der Waals surface area contributed by atoms with Gasteiger partial charge in [-0.25, -0.2) is 0 Å². The van der Waals surface area contributed by atoms with Crippen molar-refractivity contribution in [2.24, 2.45) is 4.99 Å². The standard InChI is InChI=1S/C25H29N3O/c1-7-8-12-23(18(2)3)26-19(4)22-11-9-10-13-24(22)27-25(29)20-14-16-21(17-15-20)28(5)6/h7-17H,2H2,1,3-6H3,(H,27,29)/b8-7-,23-12+,26-19?. The molecule has 0 bridgehead atoms. The van der Waals surface area contributed by atoms with Crippen molar-refractivity contribution in [3.05, 3.63) is 95.7 Å². The van der Waals surface area contributed by atoms with Crippen LogP contribution in [0.5, 0.6) is 0 Å². The molecule has 0 aromatic heterocycles. The Bertz CT molecular complexity index is 964. The first kappa shape index (κ1) is 21.9. The second kappa shape index (κ2) is 10.2. The van der Waals surface area contributed by atoms with Gasteiger partial charge in [-0.05, 0) is 62.8 Å². The Hall–Kier alpha value is -3.40. The highest BCUT2D eigenvalue weighted by Crippen LogP contribution is 2.20. The molecule has 2 aromatic carbocycles. The van der Waals surface area contributed by atoms with Gasteiger partial charge in [-0.1, -0.05) is 36.9 Å². The number of para-hydroxylation sites is 1. The molecule has 0 heterocycles. The molecule has 0 unspecified atom stereocenters. The number of aliphatic imine (C=N–C) groups is 1. The Morgan fingerprint density at radius 1 is 1.07 bits per heavy atom. The molecule has 150 valence electrons. The molecule has 0 spiro atoms. The van der Waals surface area contributed by atoms with Crippen molar-refractivity contribution in [3.63, 3.8) is 0 Å². The van der Waals surface area contributed by atoms with E-state index in [1.165, 1.54) is 0 Å². The molecule has 0 saturated heterocycles. The number of carbonyl (C=O) groups excluding carboxylic acids is 1. The predicted octanol–water partition coefficient (Wildman–Crippen LogP) is 5.85. The zero-order chi connectivity index (χ0) is 21.4. The van der Waals surface area contributed by atoms with E-state index >= 15 is 0 Å². The highest BCUT2D eigenvalue weighted by molar-refractivity contribution is 6.10. The van der Waals surface area contributed by atoms with Crippen LogP contribution in [0.4, 0.5) is 11.4 Å². The Kier molecular flexibility index (Phi) is 7.72. The average Bonchev–Trinajstić information content (AvgIpc) is 2.71. The fourth-order valence-corrected chi connectivity index (χ4v) is 2.72. The number of benzene rings is 2. The van der Waals surface area contributed by atoms with Crippen molar-refractivity contribution >= 4 is 23.0 Å². The highest BCUT2D eigenvalue weighted by atomic mass is 16.1. The lowest BCUT2D eigenvalue weighted by molar-refractivity contribution is 0.102. The van der Waals surface area contributed by atoms with Crippen LogP contribution in [-0.2, 0) is 0 Å². The van der Waals surface area contributed by atoms with Gasteiger partial charge in [0.1, 0.15) is 0 Å². The Morgan fingerprint density at radius 2 is 1.72 bits per heavy atom. The van der Waals surface area contributed by atoms with E-state index in [1.807, 2.05) is 107 Å². The van der Waals surface area contributed by atoms with Gasteiger partial charge in [-0.2, -0.15) is 0 Å². The van der Waals surface area contributed by atoms with E-state index in [2.05, 4.69) is 11.9 Å². The normalized spacial score (nSPS) is 12.2. The second-order valence-electron chi connectivity index (χ2n) is 7.00. The molecule has 29 heavy (non-hydrogen) atoms. The third kappa shape index (κ3) is 6.04. The monoisotopic (exact) mass is 387 g/mol. The summed E-state index contributed by atoms with van der Waals surface area (Å²) < 4.78 is 0. The van der Waals surface area contributed by atoms with Crippen molar-refractivity contribution < 1.29 is 4.79 Å². The Balaban J connectivity index is 2.31. The minimum Gasteiger partial charge on any atom is -0.378 e. The van der Waals surface area contributed by atoms with Crippen LogP contribution in [0.25, 0.3) is 0 Å². The SMILES string of the molecule is C=C(C)/C(=C\C=C/C)N=C(C)c1ccccc1NC(=O)c1ccc(N(C)C)cc1. The summed E-state index contributed by atoms with van der Waals surface area (Å²) in [6.07, 6.45) is 5.81. The largest absolute Gasteiger partial charge is 0.378 e. The van der Waals surface area contributed by atoms with Gasteiger partial charge >= 0.3 is 0 Å². The summed E-state index contributed by atoms with van der Waals surface area (Å²) >= 11 is 0. The third-order valence-corrected chi connectivity index (χ3v) is 4.38. The number of rotatable bonds is 7. The summed E-state index contributed by atoms with van der Waals surface area (Å²) in [5.41, 5.74) is 5.75. The number of carbonyl (C=O) groups is 1. The lowest BCUT2D eigenvalue weighted by Crippen LogP contribution is -2.15. The summed E-state index contributed by atoms with van der Waals surface area (Å²) in [5, 5.41) is 3.01. The number of hydrogen-bond donors (Lipinski definition) is 1. The van der Waals surface area contributed by atoms with Crippen LogP contribution in [-0.4, -0.2) is 25.7 Å². The van der Waals surface area contributed by atoms with Gasteiger partial charge in [-0.3, -0.25) is 9.79 Å². The molecule has 2 aromatic rings. The smallest absolute Gasteiger partial charge is 0.255 e. The molecule has 4 nitrogen and oxygen atoms in total. The first-order valence-corrected chi connectivity index (χ1v) is 9.55. The fourth-order valence-electron chi connectivity index (χ4n) is 2.72. The summed E-state index contributed by atoms with van der Waals surface area (Å²) in [6, 6.07) is 15.2. The van der Waals surface area contributed by atoms with Gasteiger partial charge < -0.3 is 10.2 Å². The van der Waals surface area contributed by atoms with Crippen molar-refractivity contribution in [3.8, 4) is 0 Å². The van der Waals surface area contributed by atoms with Gasteiger partial charge in [0.05, 0.1) is 11.4 Å². The molecule has 0 aliphatic heterocycles. The minimum absolute atomic E-state index is 0.153. The maximum Gasteiger partial charge on any atom is 0.255 e. The van der Waals surface area contributed by atoms with Crippen LogP contribution in [0.2, 0.25) is 0 Å². The molecule has 0 saturated carbocycles. The van der Waals surface area contributed by atoms with Crippen LogP contribution >= 0.6 is 0 Å². The Labute approximate surface area is 174 Å². The number of nitrogens with one attached hydrogen (secondary N) is 1. The summed E-state index contributed by atoms with van der Waals surface area (Å²) in [5.74, 6) is -0.153. The molecule has 0 atom stereocenters. The van der Waals surface area contributed by atoms with Crippen molar-refractivity contribution in [2.45, 2.75) is 20.8 Å². The zero-order valence-corrected chi connectivity index (χ0v) is 17.9. The topological polar surface area (TPSA) is 44.7 Å². The van der Waals surface area contributed by atoms with Crippen LogP contribution in [0.1, 0.15) is 36.7 Å². The number of allylic oxidation sites excluding steroid dienone is 4.